The number of benzene rings is 1. The lowest BCUT2D eigenvalue weighted by Gasteiger charge is -2.38. The molecule has 3 rings (SSSR count). The quantitative estimate of drug-likeness (QED) is 0.855. The molecule has 1 aromatic carbocycles. The molecule has 6 nitrogen and oxygen atoms in total. The fraction of sp³-hybridized carbons (Fsp3) is 0.421. The number of nitriles is 1. The number of hydrogen-bond acceptors (Lipinski definition) is 6. The molecular formula is C19H24N6. The van der Waals surface area contributed by atoms with Crippen molar-refractivity contribution in [2.45, 2.75) is 18.9 Å². The minimum atomic E-state index is 0.440. The van der Waals surface area contributed by atoms with E-state index in [2.05, 4.69) is 32.9 Å². The number of hydrogen-bond donors (Lipinski definition) is 0. The topological polar surface area (TPSA) is 59.3 Å². The second-order valence-electron chi connectivity index (χ2n) is 6.57. The van der Waals surface area contributed by atoms with Gasteiger partial charge in [-0.25, -0.2) is 4.98 Å². The van der Waals surface area contributed by atoms with Crippen LogP contribution in [0.4, 0.5) is 17.5 Å². The first-order valence-electron chi connectivity index (χ1n) is 8.57. The van der Waals surface area contributed by atoms with E-state index in [1.165, 1.54) is 0 Å². The fourth-order valence-corrected chi connectivity index (χ4v) is 3.28. The summed E-state index contributed by atoms with van der Waals surface area (Å²) in [5, 5.41) is 9.31. The van der Waals surface area contributed by atoms with Gasteiger partial charge in [0.1, 0.15) is 11.9 Å². The number of anilines is 3. The predicted molar refractivity (Wildman–Crippen MR) is 101 cm³/mol. The summed E-state index contributed by atoms with van der Waals surface area (Å²) in [4.78, 5) is 15.4. The van der Waals surface area contributed by atoms with Crippen molar-refractivity contribution >= 4 is 17.5 Å². The van der Waals surface area contributed by atoms with Gasteiger partial charge in [-0.15, -0.1) is 0 Å². The summed E-state index contributed by atoms with van der Waals surface area (Å²) >= 11 is 0. The van der Waals surface area contributed by atoms with Crippen molar-refractivity contribution in [1.82, 2.24) is 9.97 Å². The minimum absolute atomic E-state index is 0.440. The van der Waals surface area contributed by atoms with Gasteiger partial charge in [-0.05, 0) is 31.0 Å². The van der Waals surface area contributed by atoms with Crippen LogP contribution in [0.15, 0.2) is 36.5 Å². The van der Waals surface area contributed by atoms with Crippen molar-refractivity contribution in [3.63, 3.8) is 0 Å². The second-order valence-corrected chi connectivity index (χ2v) is 6.57. The number of nitrogens with zero attached hydrogens (tertiary/aromatic N) is 6. The van der Waals surface area contributed by atoms with Crippen molar-refractivity contribution in [2.75, 3.05) is 48.9 Å². The number of para-hydroxylation sites is 1. The van der Waals surface area contributed by atoms with Crippen LogP contribution in [0, 0.1) is 11.3 Å². The van der Waals surface area contributed by atoms with Gasteiger partial charge in [0.05, 0.1) is 11.3 Å². The first-order chi connectivity index (χ1) is 12.1. The van der Waals surface area contributed by atoms with Crippen molar-refractivity contribution in [2.24, 2.45) is 0 Å². The lowest BCUT2D eigenvalue weighted by atomic mass is 10.0. The molecule has 0 bridgehead atoms. The average Bonchev–Trinajstić information content (AvgIpc) is 2.67. The molecule has 0 unspecified atom stereocenters. The van der Waals surface area contributed by atoms with Gasteiger partial charge < -0.3 is 14.7 Å². The van der Waals surface area contributed by atoms with Crippen LogP contribution in [-0.2, 0) is 0 Å². The molecule has 6 heteroatoms. The fourth-order valence-electron chi connectivity index (χ4n) is 3.28. The first-order valence-corrected chi connectivity index (χ1v) is 8.57. The van der Waals surface area contributed by atoms with Gasteiger partial charge in [-0.2, -0.15) is 10.2 Å². The Kier molecular flexibility index (Phi) is 5.03. The molecule has 0 aliphatic carbocycles. The third-order valence-corrected chi connectivity index (χ3v) is 4.77. The molecule has 2 aromatic rings. The minimum Gasteiger partial charge on any atom is -0.370 e. The van der Waals surface area contributed by atoms with Crippen LogP contribution in [0.1, 0.15) is 18.4 Å². The molecule has 1 aliphatic heterocycles. The Balaban J connectivity index is 1.68. The van der Waals surface area contributed by atoms with Crippen LogP contribution in [0.5, 0.6) is 0 Å². The molecule has 2 heterocycles. The molecule has 0 atom stereocenters. The standard InChI is InChI=1S/C19H24N6/c1-23(2)19-21-11-8-18(22-19)24(3)16-9-12-25(13-10-16)17-7-5-4-6-15(17)14-20/h4-8,11,16H,9-10,12-13H2,1-3H3. The monoisotopic (exact) mass is 336 g/mol. The molecule has 0 radical (unpaired) electrons. The Bertz CT molecular complexity index is 759. The second kappa shape index (κ2) is 7.39. The molecule has 1 saturated heterocycles. The Morgan fingerprint density at radius 3 is 2.52 bits per heavy atom. The van der Waals surface area contributed by atoms with E-state index in [0.29, 0.717) is 6.04 Å². The highest BCUT2D eigenvalue weighted by Gasteiger charge is 2.24. The van der Waals surface area contributed by atoms with Gasteiger partial charge in [0.15, 0.2) is 0 Å². The third-order valence-electron chi connectivity index (χ3n) is 4.77. The Labute approximate surface area is 149 Å². The van der Waals surface area contributed by atoms with E-state index in [1.54, 1.807) is 0 Å². The average molecular weight is 336 g/mol. The van der Waals surface area contributed by atoms with Crippen molar-refractivity contribution in [3.05, 3.63) is 42.1 Å². The summed E-state index contributed by atoms with van der Waals surface area (Å²) in [7, 11) is 6.00. The third kappa shape index (κ3) is 3.66. The number of piperidine rings is 1. The van der Waals surface area contributed by atoms with E-state index in [9.17, 15) is 5.26 Å². The number of aromatic nitrogens is 2. The Hall–Kier alpha value is -2.81. The van der Waals surface area contributed by atoms with Gasteiger partial charge >= 0.3 is 0 Å². The molecule has 1 aliphatic rings. The summed E-state index contributed by atoms with van der Waals surface area (Å²) < 4.78 is 0. The molecule has 0 spiro atoms. The normalized spacial score (nSPS) is 14.9. The zero-order chi connectivity index (χ0) is 17.8. The van der Waals surface area contributed by atoms with Crippen LogP contribution in [0.25, 0.3) is 0 Å². The van der Waals surface area contributed by atoms with E-state index in [1.807, 2.05) is 55.5 Å². The Morgan fingerprint density at radius 1 is 1.12 bits per heavy atom. The van der Waals surface area contributed by atoms with Gasteiger partial charge in [0, 0.05) is 46.5 Å². The molecule has 1 fully saturated rings. The van der Waals surface area contributed by atoms with E-state index < -0.39 is 0 Å². The van der Waals surface area contributed by atoms with E-state index in [4.69, 9.17) is 0 Å². The summed E-state index contributed by atoms with van der Waals surface area (Å²) in [5.41, 5.74) is 1.80. The van der Waals surface area contributed by atoms with Crippen LogP contribution in [0.2, 0.25) is 0 Å². The van der Waals surface area contributed by atoms with E-state index in [-0.39, 0.29) is 0 Å². The summed E-state index contributed by atoms with van der Waals surface area (Å²) in [6.07, 6.45) is 3.89. The Morgan fingerprint density at radius 2 is 1.84 bits per heavy atom. The highest BCUT2D eigenvalue weighted by molar-refractivity contribution is 5.59. The maximum absolute atomic E-state index is 9.31. The SMILES string of the molecule is CN(C)c1nccc(N(C)C2CCN(c3ccccc3C#N)CC2)n1. The van der Waals surface area contributed by atoms with Crippen LogP contribution in [-0.4, -0.2) is 50.2 Å². The summed E-state index contributed by atoms with van der Waals surface area (Å²) in [5.74, 6) is 1.68. The smallest absolute Gasteiger partial charge is 0.226 e. The molecule has 0 saturated carbocycles. The number of rotatable bonds is 4. The maximum Gasteiger partial charge on any atom is 0.226 e. The van der Waals surface area contributed by atoms with Crippen molar-refractivity contribution in [1.29, 1.82) is 5.26 Å². The van der Waals surface area contributed by atoms with Crippen molar-refractivity contribution < 1.29 is 0 Å². The molecule has 1 aromatic heterocycles. The summed E-state index contributed by atoms with van der Waals surface area (Å²) in [6.45, 7) is 1.89. The lowest BCUT2D eigenvalue weighted by molar-refractivity contribution is 0.480. The maximum atomic E-state index is 9.31. The van der Waals surface area contributed by atoms with Gasteiger partial charge in [-0.3, -0.25) is 0 Å². The molecule has 25 heavy (non-hydrogen) atoms. The van der Waals surface area contributed by atoms with E-state index >= 15 is 0 Å². The highest BCUT2D eigenvalue weighted by Crippen LogP contribution is 2.26. The predicted octanol–water partition coefficient (Wildman–Crippen LogP) is 2.52. The zero-order valence-corrected chi connectivity index (χ0v) is 15.1. The molecular weight excluding hydrogens is 312 g/mol. The zero-order valence-electron chi connectivity index (χ0n) is 15.1. The van der Waals surface area contributed by atoms with Crippen molar-refractivity contribution in [3.8, 4) is 6.07 Å². The van der Waals surface area contributed by atoms with Crippen LogP contribution in [0.3, 0.4) is 0 Å². The molecule has 130 valence electrons. The van der Waals surface area contributed by atoms with Gasteiger partial charge in [0.25, 0.3) is 0 Å². The van der Waals surface area contributed by atoms with Crippen LogP contribution >= 0.6 is 0 Å². The largest absolute Gasteiger partial charge is 0.370 e. The molecule has 0 N–H and O–H groups in total. The van der Waals surface area contributed by atoms with Gasteiger partial charge in [0.2, 0.25) is 5.95 Å². The first kappa shape index (κ1) is 17.0. The van der Waals surface area contributed by atoms with E-state index in [0.717, 1.165) is 48.9 Å². The summed E-state index contributed by atoms with van der Waals surface area (Å²) in [6, 6.07) is 12.5. The highest BCUT2D eigenvalue weighted by atomic mass is 15.3. The lowest BCUT2D eigenvalue weighted by Crippen LogP contribution is -2.44. The molecule has 0 amide bonds. The van der Waals surface area contributed by atoms with Crippen LogP contribution < -0.4 is 14.7 Å². The van der Waals surface area contributed by atoms with Gasteiger partial charge in [-0.1, -0.05) is 12.1 Å².